The maximum absolute atomic E-state index is 11.3. The van der Waals surface area contributed by atoms with E-state index in [1.807, 2.05) is 53.5 Å². The second-order valence-corrected chi connectivity index (χ2v) is 7.58. The third-order valence-corrected chi connectivity index (χ3v) is 5.78. The van der Waals surface area contributed by atoms with Crippen LogP contribution >= 0.6 is 0 Å². The standard InChI is InChI=1S/C24H21N3O5/c1-30-22-11-10-15(13-23(22)31-2)19-14-20-18-8-3-4-9-21(18)32-24(26(20)25-19)16-6-5-7-17(12-16)27(28)29/h3-13,20,24H,14H2,1-2H3/t20-,24+/m0/s1. The summed E-state index contributed by atoms with van der Waals surface area (Å²) in [5.74, 6) is 2.04. The van der Waals surface area contributed by atoms with Crippen molar-refractivity contribution < 1.29 is 19.1 Å². The fourth-order valence-electron chi connectivity index (χ4n) is 4.24. The topological polar surface area (TPSA) is 86.4 Å². The van der Waals surface area contributed by atoms with Crippen LogP contribution in [0.4, 0.5) is 5.69 Å². The second-order valence-electron chi connectivity index (χ2n) is 7.58. The lowest BCUT2D eigenvalue weighted by molar-refractivity contribution is -0.385. The van der Waals surface area contributed by atoms with Crippen molar-refractivity contribution in [2.24, 2.45) is 5.10 Å². The summed E-state index contributed by atoms with van der Waals surface area (Å²) in [4.78, 5) is 10.9. The number of rotatable bonds is 5. The first-order valence-electron chi connectivity index (χ1n) is 10.2. The van der Waals surface area contributed by atoms with Crippen LogP contribution in [0.1, 0.15) is 35.4 Å². The van der Waals surface area contributed by atoms with Gasteiger partial charge in [0.2, 0.25) is 6.23 Å². The normalized spacial score (nSPS) is 18.8. The van der Waals surface area contributed by atoms with Crippen LogP contribution in [0.15, 0.2) is 71.8 Å². The molecule has 2 aliphatic heterocycles. The minimum Gasteiger partial charge on any atom is -0.493 e. The number of nitrogens with zero attached hydrogens (tertiary/aromatic N) is 3. The fourth-order valence-corrected chi connectivity index (χ4v) is 4.24. The zero-order chi connectivity index (χ0) is 22.2. The molecule has 3 aromatic rings. The van der Waals surface area contributed by atoms with E-state index in [0.29, 0.717) is 23.5 Å². The summed E-state index contributed by atoms with van der Waals surface area (Å²) in [7, 11) is 3.20. The van der Waals surface area contributed by atoms with Crippen molar-refractivity contribution in [3.05, 3.63) is 93.5 Å². The van der Waals surface area contributed by atoms with Gasteiger partial charge in [0, 0.05) is 35.2 Å². The van der Waals surface area contributed by atoms with E-state index < -0.39 is 11.2 Å². The molecule has 0 aromatic heterocycles. The molecule has 0 bridgehead atoms. The molecule has 2 heterocycles. The molecule has 0 spiro atoms. The third-order valence-electron chi connectivity index (χ3n) is 5.78. The van der Waals surface area contributed by atoms with Gasteiger partial charge < -0.3 is 14.2 Å². The van der Waals surface area contributed by atoms with E-state index in [2.05, 4.69) is 0 Å². The number of para-hydroxylation sites is 1. The van der Waals surface area contributed by atoms with E-state index >= 15 is 0 Å². The van der Waals surface area contributed by atoms with Crippen LogP contribution < -0.4 is 14.2 Å². The smallest absolute Gasteiger partial charge is 0.269 e. The Balaban J connectivity index is 1.58. The van der Waals surface area contributed by atoms with E-state index in [1.165, 1.54) is 6.07 Å². The zero-order valence-electron chi connectivity index (χ0n) is 17.6. The van der Waals surface area contributed by atoms with Crippen molar-refractivity contribution in [2.75, 3.05) is 14.2 Å². The molecule has 5 rings (SSSR count). The first kappa shape index (κ1) is 19.9. The van der Waals surface area contributed by atoms with Gasteiger partial charge >= 0.3 is 0 Å². The van der Waals surface area contributed by atoms with Crippen molar-refractivity contribution >= 4 is 11.4 Å². The van der Waals surface area contributed by atoms with Gasteiger partial charge in [-0.1, -0.05) is 30.3 Å². The average molecular weight is 431 g/mol. The summed E-state index contributed by atoms with van der Waals surface area (Å²) in [6, 6.07) is 20.0. The van der Waals surface area contributed by atoms with E-state index in [4.69, 9.17) is 19.3 Å². The zero-order valence-corrected chi connectivity index (χ0v) is 17.6. The Hall–Kier alpha value is -4.07. The fraction of sp³-hybridized carbons (Fsp3) is 0.208. The second kappa shape index (κ2) is 7.88. The SMILES string of the molecule is COc1ccc(C2=NN3[C@@H](c4cccc([N+](=O)[O-])c4)Oc4ccccc4[C@@H]3C2)cc1OC. The molecular formula is C24H21N3O5. The van der Waals surface area contributed by atoms with Crippen molar-refractivity contribution in [2.45, 2.75) is 18.7 Å². The summed E-state index contributed by atoms with van der Waals surface area (Å²) in [5.41, 5.74) is 3.54. The van der Waals surface area contributed by atoms with E-state index in [9.17, 15) is 10.1 Å². The quantitative estimate of drug-likeness (QED) is 0.424. The van der Waals surface area contributed by atoms with Crippen molar-refractivity contribution in [3.63, 3.8) is 0 Å². The number of nitro groups is 1. The van der Waals surface area contributed by atoms with Crippen LogP contribution in [0.5, 0.6) is 17.2 Å². The summed E-state index contributed by atoms with van der Waals surface area (Å²) >= 11 is 0. The molecule has 0 radical (unpaired) electrons. The molecule has 8 heteroatoms. The molecule has 162 valence electrons. The summed E-state index contributed by atoms with van der Waals surface area (Å²) in [6.07, 6.45) is 0.0915. The summed E-state index contributed by atoms with van der Waals surface area (Å²) in [5, 5.41) is 18.1. The number of fused-ring (bicyclic) bond motifs is 3. The molecule has 0 amide bonds. The van der Waals surface area contributed by atoms with Crippen LogP contribution in [-0.2, 0) is 0 Å². The van der Waals surface area contributed by atoms with E-state index in [0.717, 1.165) is 22.6 Å². The number of methoxy groups -OCH3 is 2. The molecule has 2 atom stereocenters. The number of hydrazone groups is 1. The van der Waals surface area contributed by atoms with Crippen molar-refractivity contribution in [1.82, 2.24) is 5.01 Å². The lowest BCUT2D eigenvalue weighted by Crippen LogP contribution is -2.33. The Morgan fingerprint density at radius 1 is 1.03 bits per heavy atom. The highest BCUT2D eigenvalue weighted by atomic mass is 16.6. The molecule has 0 N–H and O–H groups in total. The first-order chi connectivity index (χ1) is 15.6. The van der Waals surface area contributed by atoms with E-state index in [1.54, 1.807) is 26.4 Å². The number of hydrogen-bond donors (Lipinski definition) is 0. The van der Waals surface area contributed by atoms with Crippen LogP contribution in [0.2, 0.25) is 0 Å². The minimum absolute atomic E-state index is 0.0183. The van der Waals surface area contributed by atoms with Crippen LogP contribution in [0, 0.1) is 10.1 Å². The first-order valence-corrected chi connectivity index (χ1v) is 10.2. The maximum atomic E-state index is 11.3. The molecule has 2 aliphatic rings. The van der Waals surface area contributed by atoms with Gasteiger partial charge in [-0.05, 0) is 24.3 Å². The Morgan fingerprint density at radius 2 is 1.84 bits per heavy atom. The molecule has 0 saturated heterocycles. The predicted octanol–water partition coefficient (Wildman–Crippen LogP) is 4.85. The highest BCUT2D eigenvalue weighted by molar-refractivity contribution is 6.02. The number of hydrogen-bond acceptors (Lipinski definition) is 7. The number of non-ortho nitro benzene ring substituents is 1. The van der Waals surface area contributed by atoms with Crippen molar-refractivity contribution in [1.29, 1.82) is 0 Å². The van der Waals surface area contributed by atoms with Gasteiger partial charge in [0.05, 0.1) is 30.9 Å². The molecule has 0 saturated carbocycles. The molecule has 8 nitrogen and oxygen atoms in total. The lowest BCUT2D eigenvalue weighted by atomic mass is 9.95. The Morgan fingerprint density at radius 3 is 2.62 bits per heavy atom. The Labute approximate surface area is 184 Å². The molecule has 3 aromatic carbocycles. The number of benzene rings is 3. The molecule has 0 unspecified atom stereocenters. The molecule has 32 heavy (non-hydrogen) atoms. The Kier molecular flexibility index (Phi) is 4.89. The largest absolute Gasteiger partial charge is 0.493 e. The maximum Gasteiger partial charge on any atom is 0.269 e. The van der Waals surface area contributed by atoms with Crippen LogP contribution in [-0.4, -0.2) is 29.9 Å². The van der Waals surface area contributed by atoms with Gasteiger partial charge in [-0.3, -0.25) is 10.1 Å². The van der Waals surface area contributed by atoms with Gasteiger partial charge in [0.15, 0.2) is 11.5 Å². The predicted molar refractivity (Wildman–Crippen MR) is 118 cm³/mol. The van der Waals surface area contributed by atoms with Gasteiger partial charge in [-0.15, -0.1) is 0 Å². The average Bonchev–Trinajstić information content (AvgIpc) is 3.29. The highest BCUT2D eigenvalue weighted by Gasteiger charge is 2.41. The number of nitro benzene ring substituents is 1. The van der Waals surface area contributed by atoms with Crippen molar-refractivity contribution in [3.8, 4) is 17.2 Å². The van der Waals surface area contributed by atoms with Crippen LogP contribution in [0.25, 0.3) is 0 Å². The Bertz CT molecular complexity index is 1230. The van der Waals surface area contributed by atoms with Gasteiger partial charge in [-0.25, -0.2) is 5.01 Å². The van der Waals surface area contributed by atoms with Crippen LogP contribution in [0.3, 0.4) is 0 Å². The minimum atomic E-state index is -0.576. The molecule has 0 aliphatic carbocycles. The van der Waals surface area contributed by atoms with Gasteiger partial charge in [0.1, 0.15) is 5.75 Å². The third kappa shape index (κ3) is 3.30. The molecular weight excluding hydrogens is 410 g/mol. The highest BCUT2D eigenvalue weighted by Crippen LogP contribution is 2.48. The summed E-state index contributed by atoms with van der Waals surface area (Å²) in [6.45, 7) is 0. The molecule has 0 fully saturated rings. The monoisotopic (exact) mass is 431 g/mol. The summed E-state index contributed by atoms with van der Waals surface area (Å²) < 4.78 is 17.1. The van der Waals surface area contributed by atoms with Gasteiger partial charge in [-0.2, -0.15) is 5.10 Å². The van der Waals surface area contributed by atoms with E-state index in [-0.39, 0.29) is 11.7 Å². The number of ether oxygens (including phenoxy) is 3. The lowest BCUT2D eigenvalue weighted by Gasteiger charge is -2.38. The van der Waals surface area contributed by atoms with Gasteiger partial charge in [0.25, 0.3) is 5.69 Å².